The Morgan fingerprint density at radius 3 is 2.25 bits per heavy atom. The molecule has 0 aliphatic heterocycles. The van der Waals surface area contributed by atoms with Crippen molar-refractivity contribution in [2.75, 3.05) is 19.0 Å². The molecule has 1 heterocycles. The number of nitrogens with zero attached hydrogens (tertiary/aromatic N) is 3. The number of hydrogen-bond donors (Lipinski definition) is 4. The average Bonchev–Trinajstić information content (AvgIpc) is 3.43. The minimum atomic E-state index is -0.771. The number of nitrogens with one attached hydrogen (secondary N) is 1. The number of anilines is 1. The van der Waals surface area contributed by atoms with Gasteiger partial charge in [-0.3, -0.25) is 14.6 Å². The van der Waals surface area contributed by atoms with Crippen LogP contribution in [0.2, 0.25) is 0 Å². The Hall–Kier alpha value is -5.84. The van der Waals surface area contributed by atoms with Crippen molar-refractivity contribution < 1.29 is 19.1 Å². The summed E-state index contributed by atoms with van der Waals surface area (Å²) < 4.78 is 13.2. The van der Waals surface area contributed by atoms with Crippen molar-refractivity contribution in [3.05, 3.63) is 102 Å². The van der Waals surface area contributed by atoms with E-state index in [0.29, 0.717) is 70.3 Å². The van der Waals surface area contributed by atoms with Crippen LogP contribution in [0.15, 0.2) is 96.0 Å². The van der Waals surface area contributed by atoms with Gasteiger partial charge in [0.15, 0.2) is 5.96 Å². The summed E-state index contributed by atoms with van der Waals surface area (Å²) in [6.45, 7) is 6.82. The van der Waals surface area contributed by atoms with E-state index in [2.05, 4.69) is 43.2 Å². The average molecular weight is 648 g/mol. The first-order valence-electron chi connectivity index (χ1n) is 15.6. The van der Waals surface area contributed by atoms with Crippen LogP contribution >= 0.6 is 0 Å². The number of guanidine groups is 1. The van der Waals surface area contributed by atoms with Crippen molar-refractivity contribution >= 4 is 34.5 Å². The number of hydrogen-bond acceptors (Lipinski definition) is 6. The summed E-state index contributed by atoms with van der Waals surface area (Å²) in [5, 5.41) is 2.90. The molecule has 0 aliphatic carbocycles. The van der Waals surface area contributed by atoms with Crippen molar-refractivity contribution in [2.45, 2.75) is 45.1 Å². The standard InChI is InChI=1S/C37H41N7O4/c1-37(2,3)25-11-15-28(16-12-25)48-29-8-5-7-23(21-29)34-43-30-22-24(35(46)42-26-13-17-27(47-4)18-14-26)10-19-31(30)44(34)32(33(38)45)9-6-20-41-36(39)40/h5,7-8,10-19,21-22,32H,6,9,20H2,1-4H3,(H2,38,45)(H,42,46)(H4,39,40,41)/t32-/m1/s1. The number of carbonyl (C=O) groups excluding carboxylic acids is 2. The fourth-order valence-electron chi connectivity index (χ4n) is 5.39. The number of nitrogens with two attached hydrogens (primary N) is 3. The van der Waals surface area contributed by atoms with Gasteiger partial charge in [0, 0.05) is 23.4 Å². The van der Waals surface area contributed by atoms with Gasteiger partial charge in [0.1, 0.15) is 29.1 Å². The molecule has 248 valence electrons. The summed E-state index contributed by atoms with van der Waals surface area (Å²) in [5.41, 5.74) is 21.1. The maximum Gasteiger partial charge on any atom is 0.255 e. The van der Waals surface area contributed by atoms with Crippen LogP contribution < -0.4 is 32.0 Å². The van der Waals surface area contributed by atoms with Crippen LogP contribution in [0.4, 0.5) is 5.69 Å². The molecule has 5 aromatic rings. The molecule has 0 bridgehead atoms. The number of imidazole rings is 1. The molecule has 7 N–H and O–H groups in total. The maximum absolute atomic E-state index is 13.2. The molecule has 5 rings (SSSR count). The van der Waals surface area contributed by atoms with E-state index in [1.807, 2.05) is 41.0 Å². The fourth-order valence-corrected chi connectivity index (χ4v) is 5.39. The van der Waals surface area contributed by atoms with Gasteiger partial charge in [-0.05, 0) is 90.6 Å². The molecule has 0 fully saturated rings. The third-order valence-corrected chi connectivity index (χ3v) is 7.92. The van der Waals surface area contributed by atoms with E-state index in [1.54, 1.807) is 49.6 Å². The molecule has 1 aromatic heterocycles. The van der Waals surface area contributed by atoms with Gasteiger partial charge < -0.3 is 36.6 Å². The monoisotopic (exact) mass is 647 g/mol. The highest BCUT2D eigenvalue weighted by atomic mass is 16.5. The number of benzene rings is 4. The number of aliphatic imine (C=N–C) groups is 1. The third kappa shape index (κ3) is 7.92. The highest BCUT2D eigenvalue weighted by Crippen LogP contribution is 2.34. The molecule has 0 radical (unpaired) electrons. The van der Waals surface area contributed by atoms with Crippen molar-refractivity contribution in [2.24, 2.45) is 22.2 Å². The molecule has 11 nitrogen and oxygen atoms in total. The second-order valence-corrected chi connectivity index (χ2v) is 12.5. The zero-order chi connectivity index (χ0) is 34.4. The lowest BCUT2D eigenvalue weighted by Gasteiger charge is -2.20. The van der Waals surface area contributed by atoms with Crippen molar-refractivity contribution in [3.8, 4) is 28.6 Å². The van der Waals surface area contributed by atoms with E-state index in [9.17, 15) is 9.59 Å². The largest absolute Gasteiger partial charge is 0.497 e. The second kappa shape index (κ2) is 14.3. The van der Waals surface area contributed by atoms with E-state index < -0.39 is 11.9 Å². The van der Waals surface area contributed by atoms with Gasteiger partial charge in [-0.25, -0.2) is 4.98 Å². The molecule has 0 aliphatic rings. The minimum absolute atomic E-state index is 0.0218. The first-order chi connectivity index (χ1) is 22.9. The van der Waals surface area contributed by atoms with E-state index in [4.69, 9.17) is 31.7 Å². The second-order valence-electron chi connectivity index (χ2n) is 12.5. The topological polar surface area (TPSA) is 173 Å². The molecule has 48 heavy (non-hydrogen) atoms. The van der Waals surface area contributed by atoms with Gasteiger partial charge in [-0.15, -0.1) is 0 Å². The number of ether oxygens (including phenoxy) is 2. The van der Waals surface area contributed by atoms with E-state index >= 15 is 0 Å². The van der Waals surface area contributed by atoms with Crippen molar-refractivity contribution in [1.82, 2.24) is 9.55 Å². The minimum Gasteiger partial charge on any atom is -0.497 e. The number of primary amides is 1. The van der Waals surface area contributed by atoms with Gasteiger partial charge in [-0.2, -0.15) is 0 Å². The molecule has 0 spiro atoms. The summed E-state index contributed by atoms with van der Waals surface area (Å²) >= 11 is 0. The Kier molecular flexibility index (Phi) is 9.98. The number of fused-ring (bicyclic) bond motifs is 1. The molecule has 4 aromatic carbocycles. The Morgan fingerprint density at radius 1 is 0.896 bits per heavy atom. The number of amides is 2. The number of methoxy groups -OCH3 is 1. The summed E-state index contributed by atoms with van der Waals surface area (Å²) in [4.78, 5) is 35.2. The highest BCUT2D eigenvalue weighted by Gasteiger charge is 2.25. The van der Waals surface area contributed by atoms with Gasteiger partial charge >= 0.3 is 0 Å². The molecule has 2 amide bonds. The van der Waals surface area contributed by atoms with Gasteiger partial charge in [0.25, 0.3) is 5.91 Å². The normalized spacial score (nSPS) is 11.9. The fraction of sp³-hybridized carbons (Fsp3) is 0.243. The van der Waals surface area contributed by atoms with Crippen LogP contribution in [0.3, 0.4) is 0 Å². The zero-order valence-electron chi connectivity index (χ0n) is 27.6. The van der Waals surface area contributed by atoms with Gasteiger partial charge in [0.2, 0.25) is 5.91 Å². The lowest BCUT2D eigenvalue weighted by molar-refractivity contribution is -0.121. The van der Waals surface area contributed by atoms with E-state index in [-0.39, 0.29) is 17.3 Å². The lowest BCUT2D eigenvalue weighted by atomic mass is 9.87. The van der Waals surface area contributed by atoms with Crippen LogP contribution in [0.5, 0.6) is 17.2 Å². The highest BCUT2D eigenvalue weighted by molar-refractivity contribution is 6.06. The molecule has 0 saturated heterocycles. The Bertz CT molecular complexity index is 1940. The summed E-state index contributed by atoms with van der Waals surface area (Å²) in [6.07, 6.45) is 0.862. The summed E-state index contributed by atoms with van der Waals surface area (Å²) in [6, 6.07) is 26.9. The Morgan fingerprint density at radius 2 is 1.60 bits per heavy atom. The molecular formula is C37H41N7O4. The summed E-state index contributed by atoms with van der Waals surface area (Å²) in [5.74, 6) is 1.60. The van der Waals surface area contributed by atoms with Crippen LogP contribution in [-0.4, -0.2) is 41.0 Å². The van der Waals surface area contributed by atoms with Crippen molar-refractivity contribution in [3.63, 3.8) is 0 Å². The smallest absolute Gasteiger partial charge is 0.255 e. The first-order valence-corrected chi connectivity index (χ1v) is 15.6. The zero-order valence-corrected chi connectivity index (χ0v) is 27.6. The maximum atomic E-state index is 13.2. The van der Waals surface area contributed by atoms with Crippen LogP contribution in [0.1, 0.15) is 55.6 Å². The van der Waals surface area contributed by atoms with Crippen LogP contribution in [0.25, 0.3) is 22.4 Å². The lowest BCUT2D eigenvalue weighted by Crippen LogP contribution is -2.27. The number of rotatable bonds is 12. The number of aromatic nitrogens is 2. The van der Waals surface area contributed by atoms with Gasteiger partial charge in [-0.1, -0.05) is 45.0 Å². The Labute approximate surface area is 279 Å². The molecule has 0 unspecified atom stereocenters. The Balaban J connectivity index is 1.52. The SMILES string of the molecule is COc1ccc(NC(=O)c2ccc3c(c2)nc(-c2cccc(Oc4ccc(C(C)(C)C)cc4)c2)n3[C@H](CCCN=C(N)N)C(N)=O)cc1. The summed E-state index contributed by atoms with van der Waals surface area (Å²) in [7, 11) is 1.58. The molecule has 11 heteroatoms. The van der Waals surface area contributed by atoms with E-state index in [0.717, 1.165) is 0 Å². The number of carbonyl (C=O) groups is 2. The molecule has 1 atom stereocenters. The first kappa shape index (κ1) is 33.5. The quantitative estimate of drug-likeness (QED) is 0.0716. The molecular weight excluding hydrogens is 606 g/mol. The third-order valence-electron chi connectivity index (χ3n) is 7.92. The predicted molar refractivity (Wildman–Crippen MR) is 189 cm³/mol. The van der Waals surface area contributed by atoms with Crippen molar-refractivity contribution in [1.29, 1.82) is 0 Å². The van der Waals surface area contributed by atoms with Crippen LogP contribution in [-0.2, 0) is 10.2 Å². The molecule has 0 saturated carbocycles. The van der Waals surface area contributed by atoms with Gasteiger partial charge in [0.05, 0.1) is 18.1 Å². The van der Waals surface area contributed by atoms with Crippen LogP contribution in [0, 0.1) is 0 Å². The predicted octanol–water partition coefficient (Wildman–Crippen LogP) is 6.13. The van der Waals surface area contributed by atoms with E-state index in [1.165, 1.54) is 5.56 Å².